The summed E-state index contributed by atoms with van der Waals surface area (Å²) >= 11 is 0. The van der Waals surface area contributed by atoms with Crippen molar-refractivity contribution < 1.29 is 5.11 Å². The van der Waals surface area contributed by atoms with Crippen molar-refractivity contribution in [3.8, 4) is 5.75 Å². The number of aromatic nitrogens is 3. The number of benzene rings is 1. The molecule has 7 nitrogen and oxygen atoms in total. The summed E-state index contributed by atoms with van der Waals surface area (Å²) in [4.78, 5) is 39.8. The summed E-state index contributed by atoms with van der Waals surface area (Å²) in [5, 5.41) is 10.00. The van der Waals surface area contributed by atoms with Gasteiger partial charge in [-0.3, -0.25) is 9.97 Å². The Hall–Kier alpha value is -2.57. The molecule has 0 saturated carbocycles. The van der Waals surface area contributed by atoms with Crippen molar-refractivity contribution >= 4 is 0 Å². The van der Waals surface area contributed by atoms with Gasteiger partial charge in [-0.2, -0.15) is 0 Å². The number of hydrogen-bond donors (Lipinski definition) is 3. The molecule has 1 aromatic carbocycles. The maximum atomic E-state index is 12.2. The molecule has 0 fully saturated rings. The molecule has 1 atom stereocenters. The second-order valence-corrected chi connectivity index (χ2v) is 5.66. The summed E-state index contributed by atoms with van der Waals surface area (Å²) in [5.74, 6) is 0.112. The summed E-state index contributed by atoms with van der Waals surface area (Å²) in [5.41, 5.74) is -0.0839. The lowest BCUT2D eigenvalue weighted by Gasteiger charge is -2.23. The van der Waals surface area contributed by atoms with Gasteiger partial charge in [0.1, 0.15) is 5.75 Å². The Bertz CT molecular complexity index is 842. The molecule has 124 valence electrons. The Morgan fingerprint density at radius 3 is 2.30 bits per heavy atom. The summed E-state index contributed by atoms with van der Waals surface area (Å²) < 4.78 is 1.02. The van der Waals surface area contributed by atoms with Gasteiger partial charge in [0.15, 0.2) is 0 Å². The summed E-state index contributed by atoms with van der Waals surface area (Å²) in [7, 11) is 0. The highest BCUT2D eigenvalue weighted by atomic mass is 16.3. The van der Waals surface area contributed by atoms with Gasteiger partial charge in [-0.25, -0.2) is 19.0 Å². The fraction of sp³-hybridized carbons (Fsp3) is 0.438. The van der Waals surface area contributed by atoms with Crippen LogP contribution in [0.15, 0.2) is 26.5 Å². The van der Waals surface area contributed by atoms with Crippen LogP contribution >= 0.6 is 0 Å². The highest BCUT2D eigenvalue weighted by Crippen LogP contribution is 2.32. The molecule has 2 rings (SSSR count). The van der Waals surface area contributed by atoms with Crippen molar-refractivity contribution in [2.24, 2.45) is 0 Å². The van der Waals surface area contributed by atoms with Gasteiger partial charge in [-0.15, -0.1) is 0 Å². The molecule has 0 aliphatic carbocycles. The Balaban J connectivity index is 2.74. The lowest BCUT2D eigenvalue weighted by atomic mass is 9.92. The van der Waals surface area contributed by atoms with E-state index in [0.29, 0.717) is 12.0 Å². The van der Waals surface area contributed by atoms with Gasteiger partial charge >= 0.3 is 17.1 Å². The number of nitrogens with one attached hydrogen (secondary N) is 2. The zero-order chi connectivity index (χ0) is 17.1. The first-order valence-electron chi connectivity index (χ1n) is 7.61. The van der Waals surface area contributed by atoms with Crippen LogP contribution in [0.5, 0.6) is 5.75 Å². The van der Waals surface area contributed by atoms with Crippen LogP contribution in [0.3, 0.4) is 0 Å². The van der Waals surface area contributed by atoms with E-state index in [1.807, 2.05) is 13.8 Å². The minimum atomic E-state index is -0.824. The van der Waals surface area contributed by atoms with E-state index in [-0.39, 0.29) is 5.75 Å². The topological polar surface area (TPSA) is 108 Å². The molecular weight excluding hydrogens is 298 g/mol. The van der Waals surface area contributed by atoms with Crippen molar-refractivity contribution in [2.75, 3.05) is 0 Å². The molecule has 0 bridgehead atoms. The minimum absolute atomic E-state index is 0.112. The second kappa shape index (κ2) is 6.68. The Kier molecular flexibility index (Phi) is 4.88. The van der Waals surface area contributed by atoms with Crippen molar-refractivity contribution in [3.63, 3.8) is 0 Å². The zero-order valence-corrected chi connectivity index (χ0v) is 13.5. The number of phenols is 1. The molecule has 3 N–H and O–H groups in total. The molecule has 0 aliphatic heterocycles. The average Bonchev–Trinajstić information content (AvgIpc) is 2.47. The molecule has 2 aromatic rings. The van der Waals surface area contributed by atoms with E-state index in [2.05, 4.69) is 9.97 Å². The van der Waals surface area contributed by atoms with E-state index < -0.39 is 23.1 Å². The SMILES string of the molecule is CCCCC(c1c(C)ccc(O)c1C)n1c(=O)[nH]c(=O)[nH]c1=O. The van der Waals surface area contributed by atoms with E-state index in [9.17, 15) is 19.5 Å². The number of phenolic OH excluding ortho intramolecular Hbond substituents is 1. The van der Waals surface area contributed by atoms with Crippen LogP contribution in [0.25, 0.3) is 0 Å². The maximum Gasteiger partial charge on any atom is 0.334 e. The minimum Gasteiger partial charge on any atom is -0.508 e. The number of aromatic amines is 2. The van der Waals surface area contributed by atoms with Gasteiger partial charge < -0.3 is 5.11 Å². The predicted molar refractivity (Wildman–Crippen MR) is 87.2 cm³/mol. The van der Waals surface area contributed by atoms with Crippen LogP contribution in [0.1, 0.15) is 48.9 Å². The van der Waals surface area contributed by atoms with Gasteiger partial charge in [0.25, 0.3) is 0 Å². The standard InChI is InChI=1S/C16H21N3O4/c1-4-5-6-11(13-9(2)7-8-12(20)10(13)3)19-15(22)17-14(21)18-16(19)23/h7-8,11,20H,4-6H2,1-3H3,(H2,17,18,21,22,23). The van der Waals surface area contributed by atoms with Gasteiger partial charge in [0, 0.05) is 0 Å². The molecule has 0 aliphatic rings. The van der Waals surface area contributed by atoms with Gasteiger partial charge in [-0.05, 0) is 43.0 Å². The van der Waals surface area contributed by atoms with Crippen molar-refractivity contribution in [3.05, 3.63) is 60.3 Å². The van der Waals surface area contributed by atoms with Crippen molar-refractivity contribution in [1.29, 1.82) is 0 Å². The summed E-state index contributed by atoms with van der Waals surface area (Å²) in [6.07, 6.45) is 2.24. The molecule has 1 unspecified atom stereocenters. The molecule has 0 saturated heterocycles. The van der Waals surface area contributed by atoms with Crippen LogP contribution < -0.4 is 17.1 Å². The lowest BCUT2D eigenvalue weighted by Crippen LogP contribution is -2.45. The van der Waals surface area contributed by atoms with E-state index in [1.165, 1.54) is 0 Å². The lowest BCUT2D eigenvalue weighted by molar-refractivity contribution is 0.448. The Morgan fingerprint density at radius 2 is 1.74 bits per heavy atom. The third-order valence-electron chi connectivity index (χ3n) is 4.06. The van der Waals surface area contributed by atoms with Crippen molar-refractivity contribution in [2.45, 2.75) is 46.1 Å². The first-order valence-corrected chi connectivity index (χ1v) is 7.61. The van der Waals surface area contributed by atoms with Crippen LogP contribution in [0.4, 0.5) is 0 Å². The summed E-state index contributed by atoms with van der Waals surface area (Å²) in [6, 6.07) is 2.79. The maximum absolute atomic E-state index is 12.2. The number of unbranched alkanes of at least 4 members (excludes halogenated alkanes) is 1. The molecule has 0 spiro atoms. The highest BCUT2D eigenvalue weighted by Gasteiger charge is 2.23. The van der Waals surface area contributed by atoms with Gasteiger partial charge in [0.05, 0.1) is 6.04 Å². The fourth-order valence-corrected chi connectivity index (χ4v) is 2.89. The quantitative estimate of drug-likeness (QED) is 0.772. The Morgan fingerprint density at radius 1 is 1.13 bits per heavy atom. The van der Waals surface area contributed by atoms with Crippen LogP contribution in [0, 0.1) is 13.8 Å². The van der Waals surface area contributed by atoms with Gasteiger partial charge in [0.2, 0.25) is 0 Å². The fourth-order valence-electron chi connectivity index (χ4n) is 2.89. The first kappa shape index (κ1) is 16.8. The number of nitrogens with zero attached hydrogens (tertiary/aromatic N) is 1. The Labute approximate surface area is 132 Å². The molecule has 1 heterocycles. The second-order valence-electron chi connectivity index (χ2n) is 5.66. The normalized spacial score (nSPS) is 12.3. The third-order valence-corrected chi connectivity index (χ3v) is 4.06. The van der Waals surface area contributed by atoms with E-state index in [1.54, 1.807) is 19.1 Å². The first-order chi connectivity index (χ1) is 10.9. The van der Waals surface area contributed by atoms with E-state index >= 15 is 0 Å². The highest BCUT2D eigenvalue weighted by molar-refractivity contribution is 5.45. The monoisotopic (exact) mass is 319 g/mol. The van der Waals surface area contributed by atoms with Crippen LogP contribution in [0.2, 0.25) is 0 Å². The number of aryl methyl sites for hydroxylation is 1. The number of H-pyrrole nitrogens is 2. The molecule has 23 heavy (non-hydrogen) atoms. The smallest absolute Gasteiger partial charge is 0.334 e. The molecule has 0 amide bonds. The molecule has 0 radical (unpaired) electrons. The molecular formula is C16H21N3O4. The van der Waals surface area contributed by atoms with Crippen molar-refractivity contribution in [1.82, 2.24) is 14.5 Å². The third kappa shape index (κ3) is 3.28. The van der Waals surface area contributed by atoms with E-state index in [4.69, 9.17) is 0 Å². The number of hydrogen-bond acceptors (Lipinski definition) is 4. The zero-order valence-electron chi connectivity index (χ0n) is 13.5. The van der Waals surface area contributed by atoms with Crippen LogP contribution in [-0.2, 0) is 0 Å². The number of rotatable bonds is 5. The largest absolute Gasteiger partial charge is 0.508 e. The predicted octanol–water partition coefficient (Wildman–Crippen LogP) is 1.33. The van der Waals surface area contributed by atoms with Crippen LogP contribution in [-0.4, -0.2) is 19.6 Å². The number of aromatic hydroxyl groups is 1. The molecule has 7 heteroatoms. The average molecular weight is 319 g/mol. The summed E-state index contributed by atoms with van der Waals surface area (Å²) in [6.45, 7) is 5.63. The van der Waals surface area contributed by atoms with Gasteiger partial charge in [-0.1, -0.05) is 25.8 Å². The molecule has 1 aromatic heterocycles. The van der Waals surface area contributed by atoms with E-state index in [0.717, 1.165) is 28.5 Å².